The molecule has 3 aromatic rings. The zero-order valence-corrected chi connectivity index (χ0v) is 23.8. The maximum absolute atomic E-state index is 13.0. The Morgan fingerprint density at radius 2 is 1.79 bits per heavy atom. The van der Waals surface area contributed by atoms with Crippen LogP contribution < -0.4 is 8.92 Å². The van der Waals surface area contributed by atoms with E-state index in [0.717, 1.165) is 10.5 Å². The second kappa shape index (κ2) is 11.6. The number of imide groups is 1. The molecular weight excluding hydrogens is 612 g/mol. The number of benzene rings is 3. The zero-order chi connectivity index (χ0) is 28.3. The third-order valence-corrected chi connectivity index (χ3v) is 8.25. The molecule has 1 fully saturated rings. The minimum Gasteiger partial charge on any atom is -0.490 e. The molecule has 13 heteroatoms. The minimum absolute atomic E-state index is 0.0288. The number of halogens is 1. The summed E-state index contributed by atoms with van der Waals surface area (Å²) in [6, 6.07) is 15.1. The van der Waals surface area contributed by atoms with E-state index in [1.165, 1.54) is 48.5 Å². The molecule has 0 radical (unpaired) electrons. The fraction of sp³-hybridized carbons (Fsp3) is 0.154. The van der Waals surface area contributed by atoms with E-state index in [4.69, 9.17) is 8.92 Å². The van der Waals surface area contributed by atoms with Crippen molar-refractivity contribution >= 4 is 60.7 Å². The van der Waals surface area contributed by atoms with Gasteiger partial charge >= 0.3 is 10.1 Å². The van der Waals surface area contributed by atoms with Gasteiger partial charge in [0, 0.05) is 11.6 Å². The van der Waals surface area contributed by atoms with E-state index >= 15 is 0 Å². The van der Waals surface area contributed by atoms with Crippen LogP contribution in [-0.2, 0) is 21.5 Å². The number of rotatable bonds is 9. The Morgan fingerprint density at radius 1 is 1.10 bits per heavy atom. The van der Waals surface area contributed by atoms with Crippen LogP contribution in [-0.4, -0.2) is 36.0 Å². The van der Waals surface area contributed by atoms with Gasteiger partial charge in [-0.25, -0.2) is 0 Å². The van der Waals surface area contributed by atoms with Crippen molar-refractivity contribution in [3.63, 3.8) is 0 Å². The Kier molecular flexibility index (Phi) is 8.42. The van der Waals surface area contributed by atoms with Gasteiger partial charge in [-0.15, -0.1) is 0 Å². The van der Waals surface area contributed by atoms with E-state index in [-0.39, 0.29) is 50.2 Å². The summed E-state index contributed by atoms with van der Waals surface area (Å²) in [5, 5.41) is 10.8. The Labute approximate surface area is 237 Å². The Bertz CT molecular complexity index is 1600. The second-order valence-electron chi connectivity index (χ2n) is 8.27. The minimum atomic E-state index is -4.17. The van der Waals surface area contributed by atoms with Crippen molar-refractivity contribution in [2.75, 3.05) is 6.61 Å². The smallest absolute Gasteiger partial charge is 0.339 e. The van der Waals surface area contributed by atoms with Gasteiger partial charge < -0.3 is 8.92 Å². The van der Waals surface area contributed by atoms with Crippen LogP contribution in [0.1, 0.15) is 23.6 Å². The molecule has 1 heterocycles. The summed E-state index contributed by atoms with van der Waals surface area (Å²) in [6.07, 6.45) is 1.45. The van der Waals surface area contributed by atoms with E-state index in [9.17, 15) is 28.1 Å². The molecule has 0 atom stereocenters. The van der Waals surface area contributed by atoms with Crippen LogP contribution >= 0.6 is 27.7 Å². The van der Waals surface area contributed by atoms with Crippen molar-refractivity contribution in [1.29, 1.82) is 0 Å². The number of aryl methyl sites for hydroxylation is 1. The van der Waals surface area contributed by atoms with E-state index in [1.807, 2.05) is 6.92 Å². The Balaban J connectivity index is 1.63. The van der Waals surface area contributed by atoms with E-state index in [1.54, 1.807) is 25.1 Å². The number of thioether (sulfide) groups is 1. The number of nitro groups is 1. The average Bonchev–Trinajstić information content (AvgIpc) is 3.14. The van der Waals surface area contributed by atoms with Gasteiger partial charge in [0.25, 0.3) is 16.8 Å². The molecule has 0 unspecified atom stereocenters. The SMILES string of the molecule is CCOc1cc(/C=C2\SC(=O)N(Cc3ccccc3[N+](=O)[O-])C2=O)cc(Br)c1OS(=O)(=O)c1ccc(C)cc1. The number of ether oxygens (including phenoxy) is 1. The first kappa shape index (κ1) is 28.3. The molecule has 1 aliphatic heterocycles. The molecule has 202 valence electrons. The van der Waals surface area contributed by atoms with Gasteiger partial charge in [0.2, 0.25) is 0 Å². The molecule has 2 amide bonds. The van der Waals surface area contributed by atoms with Crippen LogP contribution in [0.15, 0.2) is 74.9 Å². The molecule has 4 rings (SSSR count). The molecule has 39 heavy (non-hydrogen) atoms. The van der Waals surface area contributed by atoms with Crippen LogP contribution in [0, 0.1) is 17.0 Å². The van der Waals surface area contributed by atoms with Crippen molar-refractivity contribution in [2.24, 2.45) is 0 Å². The lowest BCUT2D eigenvalue weighted by Crippen LogP contribution is -2.27. The first-order valence-electron chi connectivity index (χ1n) is 11.5. The van der Waals surface area contributed by atoms with Crippen molar-refractivity contribution < 1.29 is 31.9 Å². The molecule has 0 N–H and O–H groups in total. The van der Waals surface area contributed by atoms with Crippen molar-refractivity contribution in [1.82, 2.24) is 4.90 Å². The summed E-state index contributed by atoms with van der Waals surface area (Å²) in [4.78, 5) is 37.4. The van der Waals surface area contributed by atoms with Gasteiger partial charge in [-0.3, -0.25) is 24.6 Å². The Morgan fingerprint density at radius 3 is 2.46 bits per heavy atom. The fourth-order valence-corrected chi connectivity index (χ4v) is 6.10. The molecule has 3 aromatic carbocycles. The number of nitro benzene ring substituents is 1. The Hall–Kier alpha value is -3.68. The molecule has 10 nitrogen and oxygen atoms in total. The zero-order valence-electron chi connectivity index (χ0n) is 20.6. The van der Waals surface area contributed by atoms with E-state index in [2.05, 4.69) is 15.9 Å². The first-order valence-corrected chi connectivity index (χ1v) is 14.5. The molecule has 0 saturated carbocycles. The number of hydrogen-bond donors (Lipinski definition) is 0. The summed E-state index contributed by atoms with van der Waals surface area (Å²) in [5.41, 5.74) is 1.35. The lowest BCUT2D eigenvalue weighted by molar-refractivity contribution is -0.385. The lowest BCUT2D eigenvalue weighted by Gasteiger charge is -2.15. The first-order chi connectivity index (χ1) is 18.5. The molecule has 0 aliphatic carbocycles. The number of carbonyl (C=O) groups excluding carboxylic acids is 2. The van der Waals surface area contributed by atoms with Gasteiger partial charge in [-0.05, 0) is 77.4 Å². The van der Waals surface area contributed by atoms with Gasteiger partial charge in [0.05, 0.1) is 27.5 Å². The molecule has 0 bridgehead atoms. The standard InChI is InChI=1S/C26H21BrN2O8S2/c1-3-36-22-13-17(12-20(27)24(22)37-39(34,35)19-10-8-16(2)9-11-19)14-23-25(30)28(26(31)38-23)15-18-6-4-5-7-21(18)29(32)33/h4-14H,3,15H2,1-2H3/b23-14-. The van der Waals surface area contributed by atoms with Gasteiger partial charge in [0.15, 0.2) is 11.5 Å². The predicted octanol–water partition coefficient (Wildman–Crippen LogP) is 6.07. The van der Waals surface area contributed by atoms with E-state index < -0.39 is 26.2 Å². The number of amides is 2. The quantitative estimate of drug-likeness (QED) is 0.119. The van der Waals surface area contributed by atoms with Crippen molar-refractivity contribution in [3.8, 4) is 11.5 Å². The van der Waals surface area contributed by atoms with Gasteiger partial charge in [-0.1, -0.05) is 35.9 Å². The number of hydrogen-bond acceptors (Lipinski definition) is 9. The number of nitrogens with zero attached hydrogens (tertiary/aromatic N) is 2. The highest BCUT2D eigenvalue weighted by Crippen LogP contribution is 2.41. The van der Waals surface area contributed by atoms with Crippen molar-refractivity contribution in [3.05, 3.63) is 96.8 Å². The van der Waals surface area contributed by atoms with Crippen LogP contribution in [0.3, 0.4) is 0 Å². The average molecular weight is 633 g/mol. The third kappa shape index (κ3) is 6.32. The highest BCUT2D eigenvalue weighted by Gasteiger charge is 2.36. The van der Waals surface area contributed by atoms with Crippen LogP contribution in [0.25, 0.3) is 6.08 Å². The molecule has 0 aromatic heterocycles. The summed E-state index contributed by atoms with van der Waals surface area (Å²) in [6.45, 7) is 3.49. The number of carbonyl (C=O) groups is 2. The molecule has 0 spiro atoms. The summed E-state index contributed by atoms with van der Waals surface area (Å²) >= 11 is 4.02. The normalized spacial score (nSPS) is 14.6. The van der Waals surface area contributed by atoms with Crippen molar-refractivity contribution in [2.45, 2.75) is 25.3 Å². The van der Waals surface area contributed by atoms with Crippen LogP contribution in [0.5, 0.6) is 11.5 Å². The monoisotopic (exact) mass is 632 g/mol. The molecule has 1 saturated heterocycles. The molecular formula is C26H21BrN2O8S2. The predicted molar refractivity (Wildman–Crippen MR) is 149 cm³/mol. The van der Waals surface area contributed by atoms with E-state index in [0.29, 0.717) is 17.3 Å². The second-order valence-corrected chi connectivity index (χ2v) is 11.7. The maximum atomic E-state index is 13.0. The number of para-hydroxylation sites is 1. The topological polar surface area (TPSA) is 133 Å². The third-order valence-electron chi connectivity index (χ3n) is 5.52. The van der Waals surface area contributed by atoms with Crippen LogP contribution in [0.2, 0.25) is 0 Å². The van der Waals surface area contributed by atoms with Gasteiger partial charge in [-0.2, -0.15) is 8.42 Å². The summed E-state index contributed by atoms with van der Waals surface area (Å²) in [5.74, 6) is -0.577. The lowest BCUT2D eigenvalue weighted by atomic mass is 10.1. The maximum Gasteiger partial charge on any atom is 0.339 e. The highest BCUT2D eigenvalue weighted by molar-refractivity contribution is 9.10. The van der Waals surface area contributed by atoms with Gasteiger partial charge in [0.1, 0.15) is 4.90 Å². The van der Waals surface area contributed by atoms with Crippen LogP contribution in [0.4, 0.5) is 10.5 Å². The largest absolute Gasteiger partial charge is 0.490 e. The highest BCUT2D eigenvalue weighted by atomic mass is 79.9. The fourth-order valence-electron chi connectivity index (χ4n) is 3.66. The summed E-state index contributed by atoms with van der Waals surface area (Å²) < 4.78 is 37.0. The summed E-state index contributed by atoms with van der Waals surface area (Å²) in [7, 11) is -4.17. The molecule has 1 aliphatic rings.